The van der Waals surface area contributed by atoms with E-state index in [0.717, 1.165) is 89.9 Å². The van der Waals surface area contributed by atoms with Gasteiger partial charge in [-0.3, -0.25) is 14.2 Å². The van der Waals surface area contributed by atoms with Gasteiger partial charge in [0.15, 0.2) is 6.10 Å². The van der Waals surface area contributed by atoms with E-state index >= 15 is 0 Å². The molecule has 0 aliphatic heterocycles. The Kier molecular flexibility index (Phi) is 46.7. The van der Waals surface area contributed by atoms with Crippen molar-refractivity contribution in [3.63, 3.8) is 0 Å². The predicted octanol–water partition coefficient (Wildman–Crippen LogP) is 15.8. The molecule has 0 saturated heterocycles. The number of quaternary nitrogens is 1. The van der Waals surface area contributed by atoms with Gasteiger partial charge in [0.25, 0.3) is 7.82 Å². The summed E-state index contributed by atoms with van der Waals surface area (Å²) in [5, 5.41) is 0. The van der Waals surface area contributed by atoms with E-state index in [0.29, 0.717) is 17.4 Å². The first-order valence-electron chi connectivity index (χ1n) is 26.9. The third-order valence-corrected chi connectivity index (χ3v) is 12.1. The molecule has 0 aromatic heterocycles. The van der Waals surface area contributed by atoms with Crippen LogP contribution in [-0.2, 0) is 32.7 Å². The van der Waals surface area contributed by atoms with Gasteiger partial charge in [-0.2, -0.15) is 0 Å². The van der Waals surface area contributed by atoms with Gasteiger partial charge in [-0.1, -0.05) is 195 Å². The van der Waals surface area contributed by atoms with Gasteiger partial charge in [0.1, 0.15) is 19.8 Å². The Morgan fingerprint density at radius 1 is 0.471 bits per heavy atom. The van der Waals surface area contributed by atoms with Crippen LogP contribution in [0, 0.1) is 0 Å². The molecule has 390 valence electrons. The van der Waals surface area contributed by atoms with Gasteiger partial charge in [0.05, 0.1) is 27.7 Å². The number of esters is 2. The summed E-state index contributed by atoms with van der Waals surface area (Å²) in [5.41, 5.74) is 0. The molecule has 0 aliphatic carbocycles. The van der Waals surface area contributed by atoms with Gasteiger partial charge >= 0.3 is 11.9 Å². The number of hydrogen-bond donors (Lipinski definition) is 0. The van der Waals surface area contributed by atoms with E-state index in [1.807, 2.05) is 21.1 Å². The highest BCUT2D eigenvalue weighted by Gasteiger charge is 2.21. The molecule has 2 atom stereocenters. The van der Waals surface area contributed by atoms with Crippen molar-refractivity contribution >= 4 is 19.8 Å². The minimum atomic E-state index is -4.65. The summed E-state index contributed by atoms with van der Waals surface area (Å²) in [6, 6.07) is 0. The third-order valence-electron chi connectivity index (χ3n) is 11.1. The largest absolute Gasteiger partial charge is 0.756 e. The van der Waals surface area contributed by atoms with Crippen molar-refractivity contribution < 1.29 is 42.1 Å². The summed E-state index contributed by atoms with van der Waals surface area (Å²) >= 11 is 0. The minimum Gasteiger partial charge on any atom is -0.756 e. The minimum absolute atomic E-state index is 0.0430. The van der Waals surface area contributed by atoms with E-state index in [-0.39, 0.29) is 26.1 Å². The van der Waals surface area contributed by atoms with Gasteiger partial charge in [-0.05, 0) is 96.3 Å². The highest BCUT2D eigenvalue weighted by molar-refractivity contribution is 7.45. The second-order valence-electron chi connectivity index (χ2n) is 18.9. The molecular weight excluding hydrogens is 870 g/mol. The Balaban J connectivity index is 4.33. The van der Waals surface area contributed by atoms with Crippen LogP contribution in [0.5, 0.6) is 0 Å². The summed E-state index contributed by atoms with van der Waals surface area (Å²) < 4.78 is 34.0. The standard InChI is InChI=1S/C58H100NO8P/c1-6-8-10-12-14-16-18-20-22-24-26-27-28-29-30-31-33-35-37-39-41-43-45-47-49-51-58(61)67-56(55-66-68(62,63)65-53-52-59(3,4)5)54-64-57(60)50-48-46-44-42-40-38-36-34-32-25-23-21-19-17-15-13-11-9-7-2/h8,10,14,16,20-23,26-27,29-30,33,35,39,41,56H,6-7,9,11-13,15,17-19,24-25,28,31-32,34,36-38,40,42-55H2,1-5H3/b10-8-,16-14-,22-20-,23-21-,27-26-,30-29-,35-33-,41-39-. The number of likely N-dealkylation sites (N-methyl/N-ethyl adjacent to an activating group) is 1. The number of carbonyl (C=O) groups is 2. The lowest BCUT2D eigenvalue weighted by Gasteiger charge is -2.28. The van der Waals surface area contributed by atoms with E-state index in [2.05, 4.69) is 111 Å². The van der Waals surface area contributed by atoms with Crippen LogP contribution >= 0.6 is 7.82 Å². The molecule has 0 radical (unpaired) electrons. The van der Waals surface area contributed by atoms with Crippen molar-refractivity contribution in [3.05, 3.63) is 97.2 Å². The number of phosphoric acid groups is 1. The van der Waals surface area contributed by atoms with Crippen molar-refractivity contribution in [1.82, 2.24) is 0 Å². The van der Waals surface area contributed by atoms with Crippen molar-refractivity contribution in [1.29, 1.82) is 0 Å². The van der Waals surface area contributed by atoms with Crippen LogP contribution in [0.15, 0.2) is 97.2 Å². The number of hydrogen-bond acceptors (Lipinski definition) is 8. The molecule has 2 unspecified atom stereocenters. The number of allylic oxidation sites excluding steroid dienone is 16. The van der Waals surface area contributed by atoms with Crippen molar-refractivity contribution in [3.8, 4) is 0 Å². The normalized spacial score (nSPS) is 14.1. The first-order valence-corrected chi connectivity index (χ1v) is 28.4. The van der Waals surface area contributed by atoms with Gasteiger partial charge in [-0.15, -0.1) is 0 Å². The highest BCUT2D eigenvalue weighted by atomic mass is 31.2. The van der Waals surface area contributed by atoms with E-state index in [1.54, 1.807) is 0 Å². The number of unbranched alkanes of at least 4 members (excludes halogenated alkanes) is 18. The number of phosphoric ester groups is 1. The molecule has 0 heterocycles. The molecule has 0 fully saturated rings. The van der Waals surface area contributed by atoms with Gasteiger partial charge < -0.3 is 27.9 Å². The topological polar surface area (TPSA) is 111 Å². The van der Waals surface area contributed by atoms with Crippen LogP contribution in [0.1, 0.15) is 206 Å². The number of ether oxygens (including phenoxy) is 2. The summed E-state index contributed by atoms with van der Waals surface area (Å²) in [5.74, 6) is -0.879. The van der Waals surface area contributed by atoms with Crippen molar-refractivity contribution in [2.75, 3.05) is 47.5 Å². The van der Waals surface area contributed by atoms with Gasteiger partial charge in [0, 0.05) is 12.8 Å². The Morgan fingerprint density at radius 2 is 0.838 bits per heavy atom. The average molecular weight is 970 g/mol. The first-order chi connectivity index (χ1) is 33.0. The molecule has 0 aromatic rings. The molecule has 0 aromatic carbocycles. The van der Waals surface area contributed by atoms with Crippen LogP contribution in [0.25, 0.3) is 0 Å². The zero-order chi connectivity index (χ0) is 49.9. The fourth-order valence-corrected chi connectivity index (χ4v) is 7.65. The van der Waals surface area contributed by atoms with Crippen LogP contribution in [0.4, 0.5) is 0 Å². The van der Waals surface area contributed by atoms with Crippen LogP contribution in [0.2, 0.25) is 0 Å². The van der Waals surface area contributed by atoms with E-state index < -0.39 is 32.5 Å². The quantitative estimate of drug-likeness (QED) is 0.0195. The maximum Gasteiger partial charge on any atom is 0.306 e. The molecule has 0 amide bonds. The maximum absolute atomic E-state index is 12.8. The molecule has 0 N–H and O–H groups in total. The second-order valence-corrected chi connectivity index (χ2v) is 20.3. The van der Waals surface area contributed by atoms with Crippen LogP contribution in [0.3, 0.4) is 0 Å². The number of carbonyl (C=O) groups excluding carboxylic acids is 2. The molecule has 0 saturated carbocycles. The molecule has 0 bridgehead atoms. The Morgan fingerprint density at radius 3 is 1.28 bits per heavy atom. The van der Waals surface area contributed by atoms with Crippen LogP contribution in [-0.4, -0.2) is 70.0 Å². The molecule has 68 heavy (non-hydrogen) atoms. The highest BCUT2D eigenvalue weighted by Crippen LogP contribution is 2.38. The van der Waals surface area contributed by atoms with Gasteiger partial charge in [-0.25, -0.2) is 0 Å². The first kappa shape index (κ1) is 64.9. The molecule has 9 nitrogen and oxygen atoms in total. The molecule has 10 heteroatoms. The van der Waals surface area contributed by atoms with E-state index in [9.17, 15) is 19.0 Å². The SMILES string of the molecule is CC/C=C\C/C=C\C/C=C\C/C=C\C/C=C\C/C=C\C/C=C\CCCCCC(=O)OC(COC(=O)CCCCCCCCCCC/C=C\CCCCCCCC)COP(=O)([O-])OCC[N+](C)(C)C. The van der Waals surface area contributed by atoms with Crippen LogP contribution < -0.4 is 4.89 Å². The second kappa shape index (κ2) is 48.9. The molecule has 0 aliphatic rings. The number of nitrogens with zero attached hydrogens (tertiary/aromatic N) is 1. The van der Waals surface area contributed by atoms with Crippen molar-refractivity contribution in [2.45, 2.75) is 213 Å². The lowest BCUT2D eigenvalue weighted by atomic mass is 10.1. The maximum atomic E-state index is 12.8. The zero-order valence-electron chi connectivity index (χ0n) is 44.0. The fraction of sp³-hybridized carbons (Fsp3) is 0.690. The molecule has 0 rings (SSSR count). The third kappa shape index (κ3) is 52.3. The summed E-state index contributed by atoms with van der Waals surface area (Å²) in [6.45, 7) is 4.07. The van der Waals surface area contributed by atoms with Gasteiger partial charge in [0.2, 0.25) is 0 Å². The summed E-state index contributed by atoms with van der Waals surface area (Å²) in [7, 11) is 1.13. The van der Waals surface area contributed by atoms with Crippen molar-refractivity contribution in [2.24, 2.45) is 0 Å². The molecular formula is C58H100NO8P. The smallest absolute Gasteiger partial charge is 0.306 e. The zero-order valence-corrected chi connectivity index (χ0v) is 44.9. The van der Waals surface area contributed by atoms with E-state index in [4.69, 9.17) is 18.5 Å². The Hall–Kier alpha value is -3.07. The summed E-state index contributed by atoms with van der Waals surface area (Å²) in [6.07, 6.45) is 65.8. The lowest BCUT2D eigenvalue weighted by molar-refractivity contribution is -0.870. The Labute approximate surface area is 417 Å². The number of rotatable bonds is 48. The average Bonchev–Trinajstić information content (AvgIpc) is 3.30. The fourth-order valence-electron chi connectivity index (χ4n) is 6.92. The summed E-state index contributed by atoms with van der Waals surface area (Å²) in [4.78, 5) is 37.8. The predicted molar refractivity (Wildman–Crippen MR) is 286 cm³/mol. The lowest BCUT2D eigenvalue weighted by Crippen LogP contribution is -2.37. The Bertz CT molecular complexity index is 1470. The monoisotopic (exact) mass is 970 g/mol. The molecule has 0 spiro atoms. The van der Waals surface area contributed by atoms with E-state index in [1.165, 1.54) is 83.5 Å².